The van der Waals surface area contributed by atoms with E-state index in [9.17, 15) is 4.79 Å². The molecule has 0 bridgehead atoms. The number of carbonyl (C=O) groups is 1. The normalized spacial score (nSPS) is 15.5. The number of rotatable bonds is 4. The Kier molecular flexibility index (Phi) is 5.58. The van der Waals surface area contributed by atoms with Crippen molar-refractivity contribution in [2.24, 2.45) is 0 Å². The molecule has 5 rings (SSSR count). The maximum absolute atomic E-state index is 12.9. The summed E-state index contributed by atoms with van der Waals surface area (Å²) in [6.07, 6.45) is 3.60. The van der Waals surface area contributed by atoms with Gasteiger partial charge in [-0.25, -0.2) is 0 Å². The van der Waals surface area contributed by atoms with Crippen LogP contribution in [0.25, 0.3) is 22.2 Å². The number of carbonyl (C=O) groups excluding carboxylic acids is 1. The third-order valence-corrected chi connectivity index (χ3v) is 6.47. The summed E-state index contributed by atoms with van der Waals surface area (Å²) < 4.78 is 5.95. The number of nitrogens with one attached hydrogen (secondary N) is 1. The number of fused-ring (bicyclic) bond motifs is 2. The number of H-pyrrole nitrogens is 1. The summed E-state index contributed by atoms with van der Waals surface area (Å²) in [5.74, 6) is 0.942. The van der Waals surface area contributed by atoms with Gasteiger partial charge in [0.15, 0.2) is 0 Å². The lowest BCUT2D eigenvalue weighted by molar-refractivity contribution is -0.132. The number of nitrogens with zero attached hydrogens (tertiary/aromatic N) is 3. The highest BCUT2D eigenvalue weighted by Crippen LogP contribution is 2.37. The quantitative estimate of drug-likeness (QED) is 0.455. The van der Waals surface area contributed by atoms with Crippen LogP contribution in [0.3, 0.4) is 0 Å². The highest BCUT2D eigenvalue weighted by Gasteiger charge is 2.28. The fourth-order valence-electron chi connectivity index (χ4n) is 4.75. The average molecular weight is 441 g/mol. The largest absolute Gasteiger partial charge is 0.493 e. The van der Waals surface area contributed by atoms with Gasteiger partial charge in [-0.3, -0.25) is 14.9 Å². The lowest BCUT2D eigenvalue weighted by atomic mass is 9.97. The molecule has 1 aliphatic heterocycles. The topological polar surface area (TPSA) is 71.1 Å². The lowest BCUT2D eigenvalue weighted by Gasteiger charge is -2.31. The Hall–Kier alpha value is -3.67. The number of amides is 1. The first-order chi connectivity index (χ1) is 16.0. The molecular formula is C27H28N4O2. The molecule has 33 heavy (non-hydrogen) atoms. The first-order valence-corrected chi connectivity index (χ1v) is 11.4. The van der Waals surface area contributed by atoms with E-state index >= 15 is 0 Å². The number of aromatic amines is 1. The van der Waals surface area contributed by atoms with Crippen LogP contribution in [0.2, 0.25) is 0 Å². The summed E-state index contributed by atoms with van der Waals surface area (Å²) in [6, 6.07) is 16.4. The second kappa shape index (κ2) is 8.70. The van der Waals surface area contributed by atoms with Crippen LogP contribution < -0.4 is 4.74 Å². The number of benzene rings is 2. The molecule has 1 atom stereocenters. The zero-order chi connectivity index (χ0) is 22.9. The van der Waals surface area contributed by atoms with E-state index in [4.69, 9.17) is 4.74 Å². The Labute approximate surface area is 193 Å². The summed E-state index contributed by atoms with van der Waals surface area (Å²) in [7, 11) is 0. The number of pyridine rings is 1. The minimum absolute atomic E-state index is 0.0111. The number of aryl methyl sites for hydroxylation is 2. The van der Waals surface area contributed by atoms with E-state index in [2.05, 4.69) is 40.3 Å². The molecule has 2 aromatic carbocycles. The molecule has 0 saturated carbocycles. The lowest BCUT2D eigenvalue weighted by Crippen LogP contribution is -2.32. The summed E-state index contributed by atoms with van der Waals surface area (Å²) in [4.78, 5) is 19.2. The Morgan fingerprint density at radius 1 is 1.18 bits per heavy atom. The van der Waals surface area contributed by atoms with Crippen molar-refractivity contribution in [1.29, 1.82) is 0 Å². The maximum Gasteiger partial charge on any atom is 0.220 e. The van der Waals surface area contributed by atoms with Gasteiger partial charge < -0.3 is 9.64 Å². The molecule has 4 aromatic rings. The zero-order valence-electron chi connectivity index (χ0n) is 19.3. The van der Waals surface area contributed by atoms with E-state index in [1.165, 1.54) is 0 Å². The van der Waals surface area contributed by atoms with Crippen LogP contribution in [0, 0.1) is 13.8 Å². The minimum atomic E-state index is -0.0111. The van der Waals surface area contributed by atoms with Crippen molar-refractivity contribution in [1.82, 2.24) is 20.1 Å². The molecule has 0 aliphatic carbocycles. The van der Waals surface area contributed by atoms with Crippen LogP contribution >= 0.6 is 0 Å². The predicted molar refractivity (Wildman–Crippen MR) is 129 cm³/mol. The number of hydrogen-bond acceptors (Lipinski definition) is 4. The molecule has 0 radical (unpaired) electrons. The summed E-state index contributed by atoms with van der Waals surface area (Å²) >= 11 is 0. The first-order valence-electron chi connectivity index (χ1n) is 11.4. The number of aromatic nitrogens is 3. The third kappa shape index (κ3) is 4.09. The van der Waals surface area contributed by atoms with Crippen LogP contribution in [-0.4, -0.2) is 32.6 Å². The molecule has 1 unspecified atom stereocenters. The van der Waals surface area contributed by atoms with Gasteiger partial charge in [0.25, 0.3) is 0 Å². The Balaban J connectivity index is 1.55. The van der Waals surface area contributed by atoms with Crippen molar-refractivity contribution >= 4 is 16.8 Å². The molecular weight excluding hydrogens is 412 g/mol. The zero-order valence-corrected chi connectivity index (χ0v) is 19.3. The second-order valence-corrected chi connectivity index (χ2v) is 8.77. The van der Waals surface area contributed by atoms with Gasteiger partial charge in [-0.05, 0) is 68.1 Å². The minimum Gasteiger partial charge on any atom is -0.493 e. The summed E-state index contributed by atoms with van der Waals surface area (Å²) in [5, 5.41) is 8.80. The van der Waals surface area contributed by atoms with E-state index in [0.717, 1.165) is 63.1 Å². The highest BCUT2D eigenvalue weighted by molar-refractivity contribution is 5.93. The maximum atomic E-state index is 12.9. The fraction of sp³-hybridized carbons (Fsp3) is 0.296. The van der Waals surface area contributed by atoms with E-state index in [1.54, 1.807) is 6.92 Å². The SMILES string of the molecule is CC(=O)N(Cc1cc2c(-c3ccnc(C)c3)n[nH]c2cc1C)C1CCCOc2ccccc21. The van der Waals surface area contributed by atoms with Crippen molar-refractivity contribution in [3.8, 4) is 17.0 Å². The van der Waals surface area contributed by atoms with Gasteiger partial charge in [-0.1, -0.05) is 18.2 Å². The number of ether oxygens (including phenoxy) is 1. The van der Waals surface area contributed by atoms with Gasteiger partial charge in [-0.15, -0.1) is 0 Å². The third-order valence-electron chi connectivity index (χ3n) is 6.47. The van der Waals surface area contributed by atoms with Crippen molar-refractivity contribution in [2.75, 3.05) is 6.61 Å². The first kappa shape index (κ1) is 21.2. The van der Waals surface area contributed by atoms with Gasteiger partial charge in [0.05, 0.1) is 18.2 Å². The molecule has 0 saturated heterocycles. The molecule has 168 valence electrons. The Bertz CT molecular complexity index is 1330. The van der Waals surface area contributed by atoms with E-state index < -0.39 is 0 Å². The number of hydrogen-bond donors (Lipinski definition) is 1. The second-order valence-electron chi connectivity index (χ2n) is 8.77. The Morgan fingerprint density at radius 2 is 2.03 bits per heavy atom. The van der Waals surface area contributed by atoms with Crippen LogP contribution in [0.4, 0.5) is 0 Å². The monoisotopic (exact) mass is 440 g/mol. The molecule has 2 aromatic heterocycles. The molecule has 0 fully saturated rings. The van der Waals surface area contributed by atoms with Crippen molar-refractivity contribution in [3.05, 3.63) is 77.1 Å². The molecule has 3 heterocycles. The fourth-order valence-corrected chi connectivity index (χ4v) is 4.75. The van der Waals surface area contributed by atoms with E-state index in [-0.39, 0.29) is 11.9 Å². The standard InChI is InChI=1S/C27H28N4O2/c1-17-13-24-23(27(30-29-24)20-10-11-28-18(2)14-20)15-21(17)16-31(19(3)32)25-8-6-12-33-26-9-5-4-7-22(25)26/h4-5,7,9-11,13-15,25H,6,8,12,16H2,1-3H3,(H,29,30). The molecule has 0 spiro atoms. The van der Waals surface area contributed by atoms with Gasteiger partial charge in [-0.2, -0.15) is 5.10 Å². The van der Waals surface area contributed by atoms with E-state index in [1.807, 2.05) is 48.4 Å². The summed E-state index contributed by atoms with van der Waals surface area (Å²) in [5.41, 5.74) is 7.21. The van der Waals surface area contributed by atoms with Crippen LogP contribution in [0.15, 0.2) is 54.7 Å². The van der Waals surface area contributed by atoms with Crippen LogP contribution in [-0.2, 0) is 11.3 Å². The van der Waals surface area contributed by atoms with Gasteiger partial charge >= 0.3 is 0 Å². The van der Waals surface area contributed by atoms with Crippen LogP contribution in [0.5, 0.6) is 5.75 Å². The summed E-state index contributed by atoms with van der Waals surface area (Å²) in [6.45, 7) is 6.94. The Morgan fingerprint density at radius 3 is 2.85 bits per heavy atom. The molecule has 6 nitrogen and oxygen atoms in total. The van der Waals surface area contributed by atoms with Crippen LogP contribution in [0.1, 0.15) is 48.2 Å². The van der Waals surface area contributed by atoms with E-state index in [0.29, 0.717) is 13.2 Å². The average Bonchev–Trinajstić information content (AvgIpc) is 3.08. The molecule has 1 aliphatic rings. The van der Waals surface area contributed by atoms with Crippen molar-refractivity contribution < 1.29 is 9.53 Å². The van der Waals surface area contributed by atoms with Crippen molar-refractivity contribution in [3.63, 3.8) is 0 Å². The van der Waals surface area contributed by atoms with Crippen molar-refractivity contribution in [2.45, 2.75) is 46.2 Å². The predicted octanol–water partition coefficient (Wildman–Crippen LogP) is 5.50. The number of para-hydroxylation sites is 1. The van der Waals surface area contributed by atoms with Gasteiger partial charge in [0.2, 0.25) is 5.91 Å². The smallest absolute Gasteiger partial charge is 0.220 e. The van der Waals surface area contributed by atoms with Gasteiger partial charge in [0.1, 0.15) is 11.4 Å². The molecule has 1 amide bonds. The molecule has 1 N–H and O–H groups in total. The molecule has 6 heteroatoms. The van der Waals surface area contributed by atoms with Gasteiger partial charge in [0, 0.05) is 41.9 Å². The highest BCUT2D eigenvalue weighted by atomic mass is 16.5.